The number of hydrogen-bond donors (Lipinski definition) is 0. The molecule has 0 unspecified atom stereocenters. The van der Waals surface area contributed by atoms with Gasteiger partial charge in [-0.05, 0) is 75.0 Å². The fourth-order valence-electron chi connectivity index (χ4n) is 6.78. The molecule has 4 rings (SSSR count). The lowest BCUT2D eigenvalue weighted by Crippen LogP contribution is -2.50. The van der Waals surface area contributed by atoms with Crippen LogP contribution in [0.1, 0.15) is 72.1 Å². The molecule has 0 bridgehead atoms. The van der Waals surface area contributed by atoms with Crippen LogP contribution in [-0.2, 0) is 9.59 Å². The summed E-state index contributed by atoms with van der Waals surface area (Å²) < 4.78 is 0. The van der Waals surface area contributed by atoms with Gasteiger partial charge in [0.2, 0.25) is 0 Å². The van der Waals surface area contributed by atoms with E-state index >= 15 is 0 Å². The van der Waals surface area contributed by atoms with Gasteiger partial charge in [0.05, 0.1) is 0 Å². The summed E-state index contributed by atoms with van der Waals surface area (Å²) in [6, 6.07) is 0. The third-order valence-electron chi connectivity index (χ3n) is 8.39. The normalized spacial score (nSPS) is 49.0. The number of carbonyl (C=O) groups excluding carboxylic acids is 2. The smallest absolute Gasteiger partial charge is 0.139 e. The van der Waals surface area contributed by atoms with Crippen LogP contribution in [0.5, 0.6) is 0 Å². The number of hydrogen-bond acceptors (Lipinski definition) is 2. The van der Waals surface area contributed by atoms with E-state index in [1.807, 2.05) is 0 Å². The molecule has 0 saturated heterocycles. The number of fused-ring (bicyclic) bond motifs is 5. The summed E-state index contributed by atoms with van der Waals surface area (Å²) in [6.45, 7) is 6.47. The first-order valence-corrected chi connectivity index (χ1v) is 9.59. The Balaban J connectivity index is 1.65. The fraction of sp³-hybridized carbons (Fsp3) is 0.810. The Morgan fingerprint density at radius 1 is 1.09 bits per heavy atom. The second kappa shape index (κ2) is 5.04. The third kappa shape index (κ3) is 2.06. The van der Waals surface area contributed by atoms with Crippen molar-refractivity contribution in [1.29, 1.82) is 0 Å². The van der Waals surface area contributed by atoms with Gasteiger partial charge in [-0.1, -0.05) is 25.5 Å². The van der Waals surface area contributed by atoms with E-state index in [1.54, 1.807) is 12.5 Å². The van der Waals surface area contributed by atoms with Gasteiger partial charge in [-0.3, -0.25) is 9.59 Å². The first-order valence-electron chi connectivity index (χ1n) is 9.59. The van der Waals surface area contributed by atoms with Gasteiger partial charge >= 0.3 is 0 Å². The molecular weight excluding hydrogens is 284 g/mol. The number of Topliss-reactive ketones (excluding diaryl/α,β-unsaturated/α-hetero) is 2. The lowest BCUT2D eigenvalue weighted by molar-refractivity contribution is -0.132. The van der Waals surface area contributed by atoms with Crippen molar-refractivity contribution in [2.45, 2.75) is 72.1 Å². The van der Waals surface area contributed by atoms with E-state index in [0.717, 1.165) is 44.4 Å². The van der Waals surface area contributed by atoms with Crippen molar-refractivity contribution >= 4 is 11.6 Å². The second-order valence-electron chi connectivity index (χ2n) is 9.23. The summed E-state index contributed by atoms with van der Waals surface area (Å²) >= 11 is 0. The highest BCUT2D eigenvalue weighted by atomic mass is 16.1. The zero-order valence-electron chi connectivity index (χ0n) is 14.9. The third-order valence-corrected chi connectivity index (χ3v) is 8.39. The minimum atomic E-state index is -0.0283. The summed E-state index contributed by atoms with van der Waals surface area (Å²) in [7, 11) is 0. The zero-order chi connectivity index (χ0) is 16.4. The van der Waals surface area contributed by atoms with Crippen molar-refractivity contribution in [3.8, 4) is 0 Å². The highest BCUT2D eigenvalue weighted by Crippen LogP contribution is 2.64. The van der Waals surface area contributed by atoms with E-state index < -0.39 is 0 Å². The van der Waals surface area contributed by atoms with Gasteiger partial charge in [-0.15, -0.1) is 0 Å². The molecule has 0 aliphatic heterocycles. The van der Waals surface area contributed by atoms with Gasteiger partial charge < -0.3 is 0 Å². The van der Waals surface area contributed by atoms with Gasteiger partial charge in [0.25, 0.3) is 0 Å². The maximum absolute atomic E-state index is 12.4. The van der Waals surface area contributed by atoms with Crippen LogP contribution < -0.4 is 0 Å². The number of carbonyl (C=O) groups is 2. The van der Waals surface area contributed by atoms with Crippen molar-refractivity contribution in [2.75, 3.05) is 0 Å². The quantitative estimate of drug-likeness (QED) is 0.656. The van der Waals surface area contributed by atoms with Crippen LogP contribution in [0.3, 0.4) is 0 Å². The van der Waals surface area contributed by atoms with E-state index in [9.17, 15) is 9.59 Å². The summed E-state index contributed by atoms with van der Waals surface area (Å²) in [5, 5.41) is 0. The number of ketones is 2. The summed E-state index contributed by atoms with van der Waals surface area (Å²) in [6.07, 6.45) is 11.1. The highest BCUT2D eigenvalue weighted by molar-refractivity contribution is 5.87. The average Bonchev–Trinajstić information content (AvgIpc) is 2.82. The molecule has 0 aromatic rings. The standard InChI is InChI=1S/C21H30O2/c1-13(22)14-8-10-20(2)15(12-14)4-5-16-17-6-7-19(23)21(17,3)11-9-18(16)20/h4,14,16-18H,5-12H2,1-3H3/t14-,16-,17-,18-,20-,21-/m0/s1. The Bertz CT molecular complexity index is 589. The van der Waals surface area contributed by atoms with Gasteiger partial charge in [0.1, 0.15) is 11.6 Å². The molecule has 0 heterocycles. The Kier molecular flexibility index (Phi) is 3.42. The molecule has 3 saturated carbocycles. The van der Waals surface area contributed by atoms with Crippen LogP contribution in [0.4, 0.5) is 0 Å². The van der Waals surface area contributed by atoms with Crippen molar-refractivity contribution in [1.82, 2.24) is 0 Å². The Labute approximate surface area is 140 Å². The molecule has 4 aliphatic rings. The number of allylic oxidation sites excluding steroid dienone is 2. The van der Waals surface area contributed by atoms with Gasteiger partial charge in [-0.2, -0.15) is 0 Å². The molecule has 0 aromatic carbocycles. The largest absolute Gasteiger partial charge is 0.300 e. The average molecular weight is 314 g/mol. The van der Waals surface area contributed by atoms with Crippen molar-refractivity contribution in [3.05, 3.63) is 11.6 Å². The molecule has 126 valence electrons. The number of rotatable bonds is 1. The molecule has 0 amide bonds. The topological polar surface area (TPSA) is 34.1 Å². The monoisotopic (exact) mass is 314 g/mol. The highest BCUT2D eigenvalue weighted by Gasteiger charge is 2.58. The zero-order valence-corrected chi connectivity index (χ0v) is 14.9. The molecular formula is C21H30O2. The van der Waals surface area contributed by atoms with Crippen molar-refractivity contribution in [2.24, 2.45) is 34.5 Å². The van der Waals surface area contributed by atoms with Crippen molar-refractivity contribution < 1.29 is 9.59 Å². The van der Waals surface area contributed by atoms with Crippen LogP contribution >= 0.6 is 0 Å². The Hall–Kier alpha value is -0.920. The molecule has 0 N–H and O–H groups in total. The van der Waals surface area contributed by atoms with Crippen LogP contribution in [-0.4, -0.2) is 11.6 Å². The molecule has 4 aliphatic carbocycles. The molecule has 6 atom stereocenters. The van der Waals surface area contributed by atoms with Gasteiger partial charge in [0.15, 0.2) is 0 Å². The molecule has 23 heavy (non-hydrogen) atoms. The van der Waals surface area contributed by atoms with E-state index in [1.165, 1.54) is 12.8 Å². The minimum absolute atomic E-state index is 0.0283. The van der Waals surface area contributed by atoms with Crippen molar-refractivity contribution in [3.63, 3.8) is 0 Å². The fourth-order valence-corrected chi connectivity index (χ4v) is 6.78. The Morgan fingerprint density at radius 2 is 1.78 bits per heavy atom. The van der Waals surface area contributed by atoms with Gasteiger partial charge in [0, 0.05) is 17.8 Å². The Morgan fingerprint density at radius 3 is 2.52 bits per heavy atom. The molecule has 0 spiro atoms. The molecule has 2 heteroatoms. The summed E-state index contributed by atoms with van der Waals surface area (Å²) in [5.41, 5.74) is 1.83. The minimum Gasteiger partial charge on any atom is -0.300 e. The summed E-state index contributed by atoms with van der Waals surface area (Å²) in [4.78, 5) is 24.3. The lowest BCUT2D eigenvalue weighted by atomic mass is 9.47. The predicted molar refractivity (Wildman–Crippen MR) is 90.9 cm³/mol. The SMILES string of the molecule is CC(=O)[C@H]1CC[C@@]2(C)C(=CC[C@@H]3[C@@H]2CC[C@]2(C)C(=O)CC[C@@H]32)C1. The van der Waals surface area contributed by atoms with Crippen LogP contribution in [0.2, 0.25) is 0 Å². The molecule has 2 nitrogen and oxygen atoms in total. The molecule has 3 fully saturated rings. The first-order chi connectivity index (χ1) is 10.9. The second-order valence-corrected chi connectivity index (χ2v) is 9.23. The molecule has 0 radical (unpaired) electrons. The van der Waals surface area contributed by atoms with E-state index in [2.05, 4.69) is 19.9 Å². The van der Waals surface area contributed by atoms with E-state index in [0.29, 0.717) is 28.8 Å². The van der Waals surface area contributed by atoms with Crippen LogP contribution in [0, 0.1) is 34.5 Å². The van der Waals surface area contributed by atoms with E-state index in [4.69, 9.17) is 0 Å². The van der Waals surface area contributed by atoms with Gasteiger partial charge in [-0.25, -0.2) is 0 Å². The first kappa shape index (κ1) is 15.6. The maximum Gasteiger partial charge on any atom is 0.139 e. The maximum atomic E-state index is 12.4. The van der Waals surface area contributed by atoms with E-state index in [-0.39, 0.29) is 11.3 Å². The molecule has 0 aromatic heterocycles. The van der Waals surface area contributed by atoms with Crippen LogP contribution in [0.15, 0.2) is 11.6 Å². The summed E-state index contributed by atoms with van der Waals surface area (Å²) in [5.74, 6) is 3.19. The lowest BCUT2D eigenvalue weighted by Gasteiger charge is -2.57. The predicted octanol–water partition coefficient (Wildman–Crippen LogP) is 4.72. The van der Waals surface area contributed by atoms with Crippen LogP contribution in [0.25, 0.3) is 0 Å².